The first-order chi connectivity index (χ1) is 10.7. The van der Waals surface area contributed by atoms with Crippen molar-refractivity contribution in [3.05, 3.63) is 64.9 Å². The molecule has 0 atom stereocenters. The summed E-state index contributed by atoms with van der Waals surface area (Å²) in [5, 5.41) is 2.41. The minimum atomic E-state index is 0.619. The number of pyridine rings is 4. The van der Waals surface area contributed by atoms with Crippen LogP contribution in [0.5, 0.6) is 0 Å². The standard InChI is InChI=1S/C16H9ClN4S/c17-16-10-7-18-4-1-12(10)20-8-14(16)21-6-3-13-11(9-21)15(22)2-5-19-13/h1-9H/p+1. The molecule has 4 rings (SSSR count). The highest BCUT2D eigenvalue weighted by atomic mass is 35.5. The molecule has 0 aliphatic carbocycles. The van der Waals surface area contributed by atoms with Crippen LogP contribution in [-0.4, -0.2) is 15.0 Å². The highest BCUT2D eigenvalue weighted by Gasteiger charge is 2.16. The molecule has 0 fully saturated rings. The molecule has 0 saturated heterocycles. The predicted octanol–water partition coefficient (Wildman–Crippen LogP) is 3.77. The van der Waals surface area contributed by atoms with Crippen molar-refractivity contribution < 1.29 is 4.57 Å². The first kappa shape index (κ1) is 13.3. The number of fused-ring (bicyclic) bond motifs is 2. The first-order valence-corrected chi connectivity index (χ1v) is 7.44. The number of rotatable bonds is 1. The second-order valence-corrected chi connectivity index (χ2v) is 5.69. The first-order valence-electron chi connectivity index (χ1n) is 6.65. The van der Waals surface area contributed by atoms with E-state index >= 15 is 0 Å². The van der Waals surface area contributed by atoms with Gasteiger partial charge in [0.15, 0.2) is 12.4 Å². The zero-order valence-corrected chi connectivity index (χ0v) is 12.9. The molecule has 0 saturated carbocycles. The van der Waals surface area contributed by atoms with Crippen LogP contribution in [0, 0.1) is 4.51 Å². The molecule has 0 spiro atoms. The van der Waals surface area contributed by atoms with Gasteiger partial charge in [-0.3, -0.25) is 4.98 Å². The van der Waals surface area contributed by atoms with E-state index in [0.29, 0.717) is 5.02 Å². The van der Waals surface area contributed by atoms with E-state index in [4.69, 9.17) is 23.8 Å². The summed E-state index contributed by atoms with van der Waals surface area (Å²) in [6, 6.07) is 5.67. The Morgan fingerprint density at radius 3 is 2.95 bits per heavy atom. The zero-order chi connectivity index (χ0) is 15.1. The molecule has 106 valence electrons. The lowest BCUT2D eigenvalue weighted by molar-refractivity contribution is -0.594. The van der Waals surface area contributed by atoms with E-state index < -0.39 is 0 Å². The highest BCUT2D eigenvalue weighted by molar-refractivity contribution is 7.71. The summed E-state index contributed by atoms with van der Waals surface area (Å²) in [5.74, 6) is 0. The number of aromatic nitrogens is 4. The minimum Gasteiger partial charge on any atom is -0.361 e. The van der Waals surface area contributed by atoms with Crippen molar-refractivity contribution in [1.29, 1.82) is 0 Å². The normalized spacial score (nSPS) is 11.1. The third-order valence-electron chi connectivity index (χ3n) is 3.56. The van der Waals surface area contributed by atoms with Gasteiger partial charge < -0.3 is 4.98 Å². The predicted molar refractivity (Wildman–Crippen MR) is 88.8 cm³/mol. The van der Waals surface area contributed by atoms with Gasteiger partial charge in [-0.15, -0.1) is 0 Å². The molecule has 6 heteroatoms. The van der Waals surface area contributed by atoms with E-state index in [-0.39, 0.29) is 0 Å². The summed E-state index contributed by atoms with van der Waals surface area (Å²) < 4.78 is 2.71. The maximum atomic E-state index is 6.53. The summed E-state index contributed by atoms with van der Waals surface area (Å²) in [5.41, 5.74) is 2.60. The number of halogens is 1. The van der Waals surface area contributed by atoms with E-state index in [1.807, 2.05) is 41.4 Å². The van der Waals surface area contributed by atoms with Crippen molar-refractivity contribution in [2.45, 2.75) is 0 Å². The van der Waals surface area contributed by atoms with Crippen LogP contribution in [-0.2, 0) is 0 Å². The third-order valence-corrected chi connectivity index (χ3v) is 4.32. The SMILES string of the molecule is S=c1cc[nH]c2cc[n+](-c3cnc4ccncc4c3Cl)cc12. The fraction of sp³-hybridized carbons (Fsp3) is 0. The van der Waals surface area contributed by atoms with Gasteiger partial charge in [-0.25, -0.2) is 4.98 Å². The molecule has 0 aliphatic heterocycles. The van der Waals surface area contributed by atoms with Crippen LogP contribution in [0.4, 0.5) is 0 Å². The number of hydrogen-bond acceptors (Lipinski definition) is 3. The van der Waals surface area contributed by atoms with Crippen LogP contribution in [0.2, 0.25) is 5.02 Å². The number of aromatic amines is 1. The Morgan fingerprint density at radius 1 is 1.14 bits per heavy atom. The number of nitrogens with zero attached hydrogens (tertiary/aromatic N) is 3. The molecule has 0 bridgehead atoms. The van der Waals surface area contributed by atoms with Crippen molar-refractivity contribution in [2.24, 2.45) is 0 Å². The smallest absolute Gasteiger partial charge is 0.248 e. The second-order valence-electron chi connectivity index (χ2n) is 4.87. The van der Waals surface area contributed by atoms with E-state index in [2.05, 4.69) is 15.0 Å². The zero-order valence-electron chi connectivity index (χ0n) is 11.3. The average Bonchev–Trinajstić information content (AvgIpc) is 2.56. The Bertz CT molecular complexity index is 1070. The molecular formula is C16H10ClN4S+. The maximum Gasteiger partial charge on any atom is 0.248 e. The van der Waals surface area contributed by atoms with E-state index in [1.165, 1.54) is 0 Å². The molecule has 4 nitrogen and oxygen atoms in total. The Morgan fingerprint density at radius 2 is 2.05 bits per heavy atom. The molecule has 1 N–H and O–H groups in total. The molecule has 4 heterocycles. The summed E-state index contributed by atoms with van der Waals surface area (Å²) in [4.78, 5) is 11.7. The Labute approximate surface area is 136 Å². The molecular weight excluding hydrogens is 316 g/mol. The van der Waals surface area contributed by atoms with E-state index in [1.54, 1.807) is 18.6 Å². The molecule has 0 unspecified atom stereocenters. The van der Waals surface area contributed by atoms with Crippen molar-refractivity contribution in [3.8, 4) is 5.69 Å². The average molecular weight is 326 g/mol. The topological polar surface area (TPSA) is 45.5 Å². The van der Waals surface area contributed by atoms with E-state index in [9.17, 15) is 0 Å². The molecule has 22 heavy (non-hydrogen) atoms. The maximum absolute atomic E-state index is 6.53. The van der Waals surface area contributed by atoms with Gasteiger partial charge in [0.2, 0.25) is 5.69 Å². The summed E-state index contributed by atoms with van der Waals surface area (Å²) >= 11 is 11.9. The quantitative estimate of drug-likeness (QED) is 0.428. The number of hydrogen-bond donors (Lipinski definition) is 1. The van der Waals surface area contributed by atoms with Crippen LogP contribution < -0.4 is 4.57 Å². The number of nitrogens with one attached hydrogen (secondary N) is 1. The Balaban J connectivity index is 2.01. The molecule has 0 aromatic carbocycles. The fourth-order valence-corrected chi connectivity index (χ4v) is 2.96. The van der Waals surface area contributed by atoms with Gasteiger partial charge in [-0.2, -0.15) is 4.57 Å². The van der Waals surface area contributed by atoms with Gasteiger partial charge in [0.25, 0.3) is 0 Å². The van der Waals surface area contributed by atoms with Gasteiger partial charge in [-0.1, -0.05) is 23.8 Å². The van der Waals surface area contributed by atoms with Crippen LogP contribution in [0.1, 0.15) is 0 Å². The van der Waals surface area contributed by atoms with Crippen molar-refractivity contribution in [3.63, 3.8) is 0 Å². The van der Waals surface area contributed by atoms with Crippen molar-refractivity contribution >= 4 is 45.6 Å². The van der Waals surface area contributed by atoms with Crippen LogP contribution in [0.25, 0.3) is 27.5 Å². The summed E-state index contributed by atoms with van der Waals surface area (Å²) in [7, 11) is 0. The lowest BCUT2D eigenvalue weighted by Gasteiger charge is -2.03. The van der Waals surface area contributed by atoms with Gasteiger partial charge in [0.05, 0.1) is 20.9 Å². The minimum absolute atomic E-state index is 0.619. The lowest BCUT2D eigenvalue weighted by Crippen LogP contribution is -2.30. The molecule has 0 radical (unpaired) electrons. The van der Waals surface area contributed by atoms with Crippen LogP contribution in [0.15, 0.2) is 55.4 Å². The monoisotopic (exact) mass is 325 g/mol. The largest absolute Gasteiger partial charge is 0.361 e. The molecule has 0 amide bonds. The van der Waals surface area contributed by atoms with Gasteiger partial charge >= 0.3 is 0 Å². The Kier molecular flexibility index (Phi) is 3.10. The van der Waals surface area contributed by atoms with E-state index in [0.717, 1.165) is 32.0 Å². The van der Waals surface area contributed by atoms with Crippen LogP contribution in [0.3, 0.4) is 0 Å². The molecule has 4 aromatic rings. The number of H-pyrrole nitrogens is 1. The highest BCUT2D eigenvalue weighted by Crippen LogP contribution is 2.25. The molecule has 4 aromatic heterocycles. The van der Waals surface area contributed by atoms with Crippen molar-refractivity contribution in [2.75, 3.05) is 0 Å². The molecule has 0 aliphatic rings. The van der Waals surface area contributed by atoms with Gasteiger partial charge in [0, 0.05) is 30.0 Å². The fourth-order valence-electron chi connectivity index (χ4n) is 2.44. The second kappa shape index (κ2) is 5.12. The van der Waals surface area contributed by atoms with Crippen LogP contribution >= 0.6 is 23.8 Å². The van der Waals surface area contributed by atoms with Gasteiger partial charge in [-0.05, 0) is 12.1 Å². The van der Waals surface area contributed by atoms with Crippen molar-refractivity contribution in [1.82, 2.24) is 15.0 Å². The Hall–Kier alpha value is -2.37. The summed E-state index contributed by atoms with van der Waals surface area (Å²) in [6.45, 7) is 0. The third kappa shape index (κ3) is 2.06. The lowest BCUT2D eigenvalue weighted by atomic mass is 10.2. The van der Waals surface area contributed by atoms with Gasteiger partial charge in [0.1, 0.15) is 11.2 Å². The summed E-state index contributed by atoms with van der Waals surface area (Å²) in [6.07, 6.45) is 10.9.